The van der Waals surface area contributed by atoms with E-state index in [0.29, 0.717) is 17.7 Å². The average Bonchev–Trinajstić information content (AvgIpc) is 2.75. The molecule has 1 aliphatic rings. The fraction of sp³-hybridized carbons (Fsp3) is 0.400. The van der Waals surface area contributed by atoms with Crippen LogP contribution >= 0.6 is 11.8 Å². The van der Waals surface area contributed by atoms with Crippen LogP contribution in [-0.2, 0) is 6.42 Å². The summed E-state index contributed by atoms with van der Waals surface area (Å²) >= 11 is 1.79. The molecule has 0 spiro atoms. The van der Waals surface area contributed by atoms with Gasteiger partial charge in [-0.2, -0.15) is 11.8 Å². The molecule has 5 nitrogen and oxygen atoms in total. The number of Topliss-reactive ketones (excluding diaryl/α,β-unsaturated/α-hetero) is 1. The molecule has 0 atom stereocenters. The highest BCUT2D eigenvalue weighted by Gasteiger charge is 2.28. The number of hydrogen-bond acceptors (Lipinski definition) is 5. The van der Waals surface area contributed by atoms with Gasteiger partial charge in [-0.3, -0.25) is 14.6 Å². The van der Waals surface area contributed by atoms with E-state index in [1.165, 1.54) is 5.56 Å². The highest BCUT2D eigenvalue weighted by Crippen LogP contribution is 2.31. The summed E-state index contributed by atoms with van der Waals surface area (Å²) < 4.78 is 5.37. The summed E-state index contributed by atoms with van der Waals surface area (Å²) in [6, 6.07) is 12.8. The first-order valence-electron chi connectivity index (χ1n) is 10.6. The Morgan fingerprint density at radius 3 is 2.52 bits per heavy atom. The molecule has 1 amide bonds. The molecule has 0 aromatic heterocycles. The average molecular weight is 439 g/mol. The maximum atomic E-state index is 13.0. The molecular formula is C25H30N2O3S. The Kier molecular flexibility index (Phi) is 7.55. The number of thioether (sulfide) groups is 1. The smallest absolute Gasteiger partial charge is 0.251 e. The van der Waals surface area contributed by atoms with Crippen molar-refractivity contribution in [3.8, 4) is 5.75 Å². The van der Waals surface area contributed by atoms with Crippen molar-refractivity contribution in [2.75, 3.05) is 25.2 Å². The van der Waals surface area contributed by atoms with Crippen LogP contribution in [0, 0.1) is 0 Å². The van der Waals surface area contributed by atoms with Crippen LogP contribution < -0.4 is 10.1 Å². The Morgan fingerprint density at radius 1 is 1.13 bits per heavy atom. The molecule has 2 aromatic carbocycles. The zero-order chi connectivity index (χ0) is 22.4. The highest BCUT2D eigenvalue weighted by atomic mass is 32.2. The maximum Gasteiger partial charge on any atom is 0.251 e. The number of nitrogens with one attached hydrogen (secondary N) is 1. The zero-order valence-electron chi connectivity index (χ0n) is 18.7. The minimum Gasteiger partial charge on any atom is -0.497 e. The Balaban J connectivity index is 1.72. The molecule has 1 N–H and O–H groups in total. The number of ketones is 1. The lowest BCUT2D eigenvalue weighted by Gasteiger charge is -2.29. The van der Waals surface area contributed by atoms with E-state index < -0.39 is 0 Å². The second-order valence-corrected chi connectivity index (χ2v) is 9.59. The van der Waals surface area contributed by atoms with Gasteiger partial charge in [0.25, 0.3) is 5.91 Å². The van der Waals surface area contributed by atoms with Crippen molar-refractivity contribution in [1.29, 1.82) is 0 Å². The first-order chi connectivity index (χ1) is 14.8. The van der Waals surface area contributed by atoms with Crippen LogP contribution in [0.2, 0.25) is 0 Å². The number of fused-ring (bicyclic) bond motifs is 1. The molecule has 0 bridgehead atoms. The number of carbonyl (C=O) groups is 2. The number of amides is 1. The third-order valence-electron chi connectivity index (χ3n) is 5.22. The predicted octanol–water partition coefficient (Wildman–Crippen LogP) is 4.57. The van der Waals surface area contributed by atoms with Gasteiger partial charge in [0.15, 0.2) is 5.78 Å². The highest BCUT2D eigenvalue weighted by molar-refractivity contribution is 7.99. The molecule has 31 heavy (non-hydrogen) atoms. The van der Waals surface area contributed by atoms with Gasteiger partial charge in [-0.05, 0) is 55.9 Å². The first kappa shape index (κ1) is 23.1. The van der Waals surface area contributed by atoms with E-state index in [9.17, 15) is 9.59 Å². The van der Waals surface area contributed by atoms with Crippen LogP contribution in [0.1, 0.15) is 59.0 Å². The Hall–Kier alpha value is -2.60. The van der Waals surface area contributed by atoms with E-state index in [1.54, 1.807) is 43.1 Å². The number of ether oxygens (including phenoxy) is 1. The van der Waals surface area contributed by atoms with E-state index in [0.717, 1.165) is 35.0 Å². The normalized spacial score (nSPS) is 14.4. The number of methoxy groups -OCH3 is 1. The minimum absolute atomic E-state index is 0.0171. The van der Waals surface area contributed by atoms with E-state index in [4.69, 9.17) is 9.73 Å². The van der Waals surface area contributed by atoms with Crippen LogP contribution in [0.5, 0.6) is 5.75 Å². The summed E-state index contributed by atoms with van der Waals surface area (Å²) in [7, 11) is 1.64. The topological polar surface area (TPSA) is 67.8 Å². The number of hydrogen-bond donors (Lipinski definition) is 1. The zero-order valence-corrected chi connectivity index (χ0v) is 19.5. The first-order valence-corrected chi connectivity index (χ1v) is 11.7. The summed E-state index contributed by atoms with van der Waals surface area (Å²) in [5, 5.41) is 2.90. The molecule has 164 valence electrons. The van der Waals surface area contributed by atoms with Gasteiger partial charge < -0.3 is 10.1 Å². The number of nitrogens with zero attached hydrogens (tertiary/aromatic N) is 1. The Morgan fingerprint density at radius 2 is 1.84 bits per heavy atom. The van der Waals surface area contributed by atoms with Crippen molar-refractivity contribution in [2.45, 2.75) is 39.2 Å². The number of aliphatic imine (C=N–C) groups is 1. The molecule has 0 aliphatic carbocycles. The van der Waals surface area contributed by atoms with Gasteiger partial charge >= 0.3 is 0 Å². The lowest BCUT2D eigenvalue weighted by atomic mass is 9.85. The van der Waals surface area contributed by atoms with E-state index in [1.807, 2.05) is 12.1 Å². The molecule has 0 saturated carbocycles. The second-order valence-electron chi connectivity index (χ2n) is 8.20. The molecule has 6 heteroatoms. The second kappa shape index (κ2) is 10.1. The van der Waals surface area contributed by atoms with Crippen LogP contribution in [0.25, 0.3) is 0 Å². The Labute approximate surface area is 188 Å². The van der Waals surface area contributed by atoms with Gasteiger partial charge in [-0.25, -0.2) is 0 Å². The van der Waals surface area contributed by atoms with Gasteiger partial charge in [-0.15, -0.1) is 0 Å². The fourth-order valence-electron chi connectivity index (χ4n) is 3.72. The lowest BCUT2D eigenvalue weighted by Crippen LogP contribution is -2.30. The molecule has 0 fully saturated rings. The maximum absolute atomic E-state index is 13.0. The third-order valence-corrected chi connectivity index (χ3v) is 6.12. The largest absolute Gasteiger partial charge is 0.497 e. The van der Waals surface area contributed by atoms with Gasteiger partial charge in [0, 0.05) is 29.0 Å². The van der Waals surface area contributed by atoms with Gasteiger partial charge in [0.1, 0.15) is 5.75 Å². The molecule has 2 aromatic rings. The van der Waals surface area contributed by atoms with Crippen molar-refractivity contribution in [2.24, 2.45) is 4.99 Å². The lowest BCUT2D eigenvalue weighted by molar-refractivity contribution is 0.0953. The molecule has 1 aliphatic heterocycles. The monoisotopic (exact) mass is 438 g/mol. The summed E-state index contributed by atoms with van der Waals surface area (Å²) in [6.45, 7) is 6.89. The van der Waals surface area contributed by atoms with Gasteiger partial charge in [0.2, 0.25) is 0 Å². The molecule has 3 rings (SSSR count). The van der Waals surface area contributed by atoms with Crippen LogP contribution in [0.15, 0.2) is 47.5 Å². The minimum atomic E-state index is -0.255. The van der Waals surface area contributed by atoms with Crippen molar-refractivity contribution in [3.63, 3.8) is 0 Å². The molecule has 0 unspecified atom stereocenters. The van der Waals surface area contributed by atoms with Crippen molar-refractivity contribution in [1.82, 2.24) is 5.32 Å². The van der Waals surface area contributed by atoms with Crippen molar-refractivity contribution in [3.05, 3.63) is 64.7 Å². The van der Waals surface area contributed by atoms with Crippen LogP contribution in [0.4, 0.5) is 0 Å². The number of rotatable bonds is 9. The molecule has 0 radical (unpaired) electrons. The number of carbonyl (C=O) groups excluding carboxylic acids is 2. The SMILES string of the molecule is CCSCCNC(=O)c1ccc(C(=O)CC2=NC(C)(C)Cc3ccc(OC)cc32)cc1. The van der Waals surface area contributed by atoms with E-state index in [-0.39, 0.29) is 23.7 Å². The molecule has 0 saturated heterocycles. The fourth-order valence-corrected chi connectivity index (χ4v) is 4.25. The van der Waals surface area contributed by atoms with E-state index in [2.05, 4.69) is 32.2 Å². The Bertz CT molecular complexity index is 981. The summed E-state index contributed by atoms with van der Waals surface area (Å²) in [6.07, 6.45) is 1.04. The predicted molar refractivity (Wildman–Crippen MR) is 128 cm³/mol. The molecule has 1 heterocycles. The van der Waals surface area contributed by atoms with Gasteiger partial charge in [-0.1, -0.05) is 25.1 Å². The van der Waals surface area contributed by atoms with Crippen molar-refractivity contribution < 1.29 is 14.3 Å². The van der Waals surface area contributed by atoms with Crippen LogP contribution in [-0.4, -0.2) is 48.1 Å². The standard InChI is InChI=1S/C25H30N2O3S/c1-5-31-13-12-26-24(29)18-8-6-17(7-9-18)23(28)15-22-21-14-20(30-4)11-10-19(21)16-25(2,3)27-22/h6-11,14H,5,12-13,15-16H2,1-4H3,(H,26,29). The summed E-state index contributed by atoms with van der Waals surface area (Å²) in [5.74, 6) is 2.55. The number of benzene rings is 2. The van der Waals surface area contributed by atoms with Gasteiger partial charge in [0.05, 0.1) is 24.8 Å². The molecular weight excluding hydrogens is 408 g/mol. The van der Waals surface area contributed by atoms with Crippen LogP contribution in [0.3, 0.4) is 0 Å². The van der Waals surface area contributed by atoms with Crippen molar-refractivity contribution >= 4 is 29.2 Å². The van der Waals surface area contributed by atoms with E-state index >= 15 is 0 Å². The summed E-state index contributed by atoms with van der Waals surface area (Å²) in [4.78, 5) is 30.1. The third kappa shape index (κ3) is 5.97. The summed E-state index contributed by atoms with van der Waals surface area (Å²) in [5.41, 5.74) is 3.82. The quantitative estimate of drug-likeness (QED) is 0.460.